The molecule has 0 heterocycles. The SMILES string of the molecule is C[C@H](CCC=N)[C@H]1CC[C@H]2C3[C@H](O)C[C@@H]4C[C@H](O)CC[C@]4(C)[C@H]3C[C@H](O)[C@]12C. The monoisotopic (exact) mass is 391 g/mol. The molecule has 4 aliphatic carbocycles. The van der Waals surface area contributed by atoms with Gasteiger partial charge in [-0.1, -0.05) is 20.8 Å². The molecule has 1 unspecified atom stereocenters. The van der Waals surface area contributed by atoms with Crippen LogP contribution in [0.3, 0.4) is 0 Å². The van der Waals surface area contributed by atoms with Crippen LogP contribution in [0.25, 0.3) is 0 Å². The summed E-state index contributed by atoms with van der Waals surface area (Å²) < 4.78 is 0. The number of hydrogen-bond donors (Lipinski definition) is 4. The maximum absolute atomic E-state index is 11.5. The summed E-state index contributed by atoms with van der Waals surface area (Å²) in [5.74, 6) is 2.44. The number of nitrogens with one attached hydrogen (secondary N) is 1. The smallest absolute Gasteiger partial charge is 0.0602 e. The number of hydrogen-bond acceptors (Lipinski definition) is 4. The van der Waals surface area contributed by atoms with Gasteiger partial charge in [-0.15, -0.1) is 0 Å². The van der Waals surface area contributed by atoms with E-state index in [4.69, 9.17) is 5.41 Å². The van der Waals surface area contributed by atoms with Crippen LogP contribution in [0.15, 0.2) is 0 Å². The van der Waals surface area contributed by atoms with Crippen molar-refractivity contribution in [3.63, 3.8) is 0 Å². The van der Waals surface area contributed by atoms with Crippen molar-refractivity contribution in [3.8, 4) is 0 Å². The van der Waals surface area contributed by atoms with Gasteiger partial charge in [0.2, 0.25) is 0 Å². The molecule has 0 amide bonds. The molecule has 0 aromatic heterocycles. The van der Waals surface area contributed by atoms with Gasteiger partial charge in [0.25, 0.3) is 0 Å². The molecular weight excluding hydrogens is 350 g/mol. The largest absolute Gasteiger partial charge is 0.393 e. The lowest BCUT2D eigenvalue weighted by Gasteiger charge is -2.63. The average molecular weight is 392 g/mol. The van der Waals surface area contributed by atoms with E-state index < -0.39 is 0 Å². The van der Waals surface area contributed by atoms with Crippen molar-refractivity contribution in [1.29, 1.82) is 5.41 Å². The van der Waals surface area contributed by atoms with Crippen LogP contribution in [0.1, 0.15) is 78.6 Å². The first-order chi connectivity index (χ1) is 13.2. The molecule has 0 bridgehead atoms. The summed E-state index contributed by atoms with van der Waals surface area (Å²) >= 11 is 0. The van der Waals surface area contributed by atoms with Crippen molar-refractivity contribution in [2.45, 2.75) is 96.9 Å². The van der Waals surface area contributed by atoms with Crippen molar-refractivity contribution in [2.75, 3.05) is 0 Å². The number of fused-ring (bicyclic) bond motifs is 5. The van der Waals surface area contributed by atoms with Crippen LogP contribution in [0.5, 0.6) is 0 Å². The minimum absolute atomic E-state index is 0.110. The first-order valence-electron chi connectivity index (χ1n) is 11.8. The zero-order chi connectivity index (χ0) is 20.3. The van der Waals surface area contributed by atoms with Crippen LogP contribution in [-0.4, -0.2) is 39.8 Å². The van der Waals surface area contributed by atoms with Crippen LogP contribution in [0.2, 0.25) is 0 Å². The Kier molecular flexibility index (Phi) is 5.46. The zero-order valence-corrected chi connectivity index (χ0v) is 18.0. The van der Waals surface area contributed by atoms with Crippen molar-refractivity contribution < 1.29 is 15.3 Å². The third-order valence-corrected chi connectivity index (χ3v) is 10.3. The molecule has 4 saturated carbocycles. The highest BCUT2D eigenvalue weighted by molar-refractivity contribution is 5.52. The molecule has 28 heavy (non-hydrogen) atoms. The Labute approximate surface area is 170 Å². The topological polar surface area (TPSA) is 84.5 Å². The highest BCUT2D eigenvalue weighted by Crippen LogP contribution is 2.68. The highest BCUT2D eigenvalue weighted by atomic mass is 16.3. The van der Waals surface area contributed by atoms with Crippen molar-refractivity contribution >= 4 is 6.21 Å². The molecule has 4 fully saturated rings. The quantitative estimate of drug-likeness (QED) is 0.546. The number of rotatable bonds is 4. The standard InChI is InChI=1S/C24H41NO3/c1-14(5-4-10-25)17-6-7-18-22-19(13-21(28)24(17,18)3)23(2)9-8-16(26)11-15(23)12-20(22)27/h10,14-22,25-28H,4-9,11-13H2,1-3H3/t14-,15+,16-,17-,18+,19+,20-,21+,22?,23+,24-/m1/s1. The van der Waals surface area contributed by atoms with E-state index in [0.717, 1.165) is 57.8 Å². The molecule has 4 aliphatic rings. The molecular formula is C24H41NO3. The maximum atomic E-state index is 11.5. The minimum atomic E-state index is -0.302. The summed E-state index contributed by atoms with van der Waals surface area (Å²) in [5, 5.41) is 40.3. The lowest BCUT2D eigenvalue weighted by molar-refractivity contribution is -0.206. The molecule has 0 radical (unpaired) electrons. The van der Waals surface area contributed by atoms with Crippen molar-refractivity contribution in [3.05, 3.63) is 0 Å². The lowest BCUT2D eigenvalue weighted by Crippen LogP contribution is -2.62. The molecule has 0 spiro atoms. The summed E-state index contributed by atoms with van der Waals surface area (Å²) in [5.41, 5.74) is 0.0380. The summed E-state index contributed by atoms with van der Waals surface area (Å²) in [4.78, 5) is 0. The van der Waals surface area contributed by atoms with E-state index in [2.05, 4.69) is 20.8 Å². The zero-order valence-electron chi connectivity index (χ0n) is 18.0. The van der Waals surface area contributed by atoms with Crippen LogP contribution >= 0.6 is 0 Å². The average Bonchev–Trinajstić information content (AvgIpc) is 3.01. The molecule has 4 nitrogen and oxygen atoms in total. The van der Waals surface area contributed by atoms with Gasteiger partial charge < -0.3 is 20.7 Å². The molecule has 4 N–H and O–H groups in total. The third kappa shape index (κ3) is 2.93. The van der Waals surface area contributed by atoms with E-state index in [9.17, 15) is 15.3 Å². The van der Waals surface area contributed by atoms with Gasteiger partial charge >= 0.3 is 0 Å². The maximum Gasteiger partial charge on any atom is 0.0602 e. The Morgan fingerprint density at radius 3 is 2.50 bits per heavy atom. The van der Waals surface area contributed by atoms with Gasteiger partial charge in [0.1, 0.15) is 0 Å². The van der Waals surface area contributed by atoms with E-state index in [1.807, 2.05) is 0 Å². The molecule has 11 atom stereocenters. The Balaban J connectivity index is 1.63. The van der Waals surface area contributed by atoms with Crippen LogP contribution in [0, 0.1) is 51.7 Å². The number of aliphatic hydroxyl groups excluding tert-OH is 3. The van der Waals surface area contributed by atoms with E-state index in [1.165, 1.54) is 6.21 Å². The van der Waals surface area contributed by atoms with Crippen molar-refractivity contribution in [2.24, 2.45) is 46.3 Å². The fourth-order valence-corrected chi connectivity index (χ4v) is 8.68. The van der Waals surface area contributed by atoms with Crippen LogP contribution < -0.4 is 0 Å². The Hall–Kier alpha value is -0.450. The third-order valence-electron chi connectivity index (χ3n) is 10.3. The Bertz CT molecular complexity index is 596. The summed E-state index contributed by atoms with van der Waals surface area (Å²) in [6.07, 6.45) is 9.17. The second-order valence-corrected chi connectivity index (χ2v) is 11.3. The van der Waals surface area contributed by atoms with Gasteiger partial charge in [0, 0.05) is 0 Å². The molecule has 4 heteroatoms. The fourth-order valence-electron chi connectivity index (χ4n) is 8.68. The Morgan fingerprint density at radius 1 is 1.04 bits per heavy atom. The molecule has 0 aromatic carbocycles. The molecule has 160 valence electrons. The van der Waals surface area contributed by atoms with Gasteiger partial charge in [-0.25, -0.2) is 0 Å². The van der Waals surface area contributed by atoms with Crippen LogP contribution in [0.4, 0.5) is 0 Å². The van der Waals surface area contributed by atoms with Gasteiger partial charge in [-0.05, 0) is 110 Å². The normalized spacial score (nSPS) is 54.4. The molecule has 0 aromatic rings. The van der Waals surface area contributed by atoms with Gasteiger partial charge in [0.15, 0.2) is 0 Å². The lowest BCUT2D eigenvalue weighted by atomic mass is 9.43. The van der Waals surface area contributed by atoms with E-state index in [-0.39, 0.29) is 29.1 Å². The van der Waals surface area contributed by atoms with E-state index in [1.54, 1.807) is 0 Å². The minimum Gasteiger partial charge on any atom is -0.393 e. The summed E-state index contributed by atoms with van der Waals surface area (Å²) in [6.45, 7) is 7.00. The fraction of sp³-hybridized carbons (Fsp3) is 0.958. The second kappa shape index (κ2) is 7.35. The molecule has 0 aliphatic heterocycles. The molecule has 0 saturated heterocycles. The highest BCUT2D eigenvalue weighted by Gasteiger charge is 2.65. The number of aliphatic hydroxyl groups is 3. The van der Waals surface area contributed by atoms with Gasteiger partial charge in [0.05, 0.1) is 18.3 Å². The summed E-state index contributed by atoms with van der Waals surface area (Å²) in [6, 6.07) is 0. The van der Waals surface area contributed by atoms with Gasteiger partial charge in [-0.3, -0.25) is 0 Å². The van der Waals surface area contributed by atoms with Crippen molar-refractivity contribution in [1.82, 2.24) is 0 Å². The first kappa shape index (κ1) is 20.8. The predicted molar refractivity (Wildman–Crippen MR) is 111 cm³/mol. The second-order valence-electron chi connectivity index (χ2n) is 11.3. The first-order valence-corrected chi connectivity index (χ1v) is 11.8. The Morgan fingerprint density at radius 2 is 1.79 bits per heavy atom. The van der Waals surface area contributed by atoms with Gasteiger partial charge in [-0.2, -0.15) is 0 Å². The van der Waals surface area contributed by atoms with E-state index in [0.29, 0.717) is 35.5 Å². The van der Waals surface area contributed by atoms with E-state index >= 15 is 0 Å². The van der Waals surface area contributed by atoms with Crippen LogP contribution in [-0.2, 0) is 0 Å². The molecule has 4 rings (SSSR count). The predicted octanol–water partition coefficient (Wildman–Crippen LogP) is 4.01. The summed E-state index contributed by atoms with van der Waals surface area (Å²) in [7, 11) is 0.